The van der Waals surface area contributed by atoms with Gasteiger partial charge in [-0.25, -0.2) is 8.42 Å². The summed E-state index contributed by atoms with van der Waals surface area (Å²) in [4.78, 5) is 14.5. The molecular weight excluding hydrogens is 368 g/mol. The fourth-order valence-corrected chi connectivity index (χ4v) is 5.21. The second kappa shape index (κ2) is 7.49. The normalized spacial score (nSPS) is 22.2. The molecule has 2 aliphatic rings. The van der Waals surface area contributed by atoms with Crippen LogP contribution in [0.15, 0.2) is 23.1 Å². The quantitative estimate of drug-likeness (QED) is 0.778. The zero-order valence-corrected chi connectivity index (χ0v) is 15.6. The maximum atomic E-state index is 13.0. The Bertz CT molecular complexity index is 749. The zero-order chi connectivity index (χ0) is 18.0. The lowest BCUT2D eigenvalue weighted by atomic mass is 10.2. The van der Waals surface area contributed by atoms with Crippen LogP contribution in [0.1, 0.15) is 12.8 Å². The highest BCUT2D eigenvalue weighted by Gasteiger charge is 2.41. The number of hydrogen-bond acceptors (Lipinski definition) is 5. The molecule has 0 unspecified atom stereocenters. The van der Waals surface area contributed by atoms with Gasteiger partial charge in [0.15, 0.2) is 0 Å². The van der Waals surface area contributed by atoms with Gasteiger partial charge >= 0.3 is 0 Å². The van der Waals surface area contributed by atoms with Crippen LogP contribution in [0.3, 0.4) is 0 Å². The second-order valence-corrected chi connectivity index (χ2v) is 8.31. The topological polar surface area (TPSA) is 76.2 Å². The van der Waals surface area contributed by atoms with Gasteiger partial charge < -0.3 is 14.4 Å². The average molecular weight is 389 g/mol. The fourth-order valence-electron chi connectivity index (χ4n) is 3.21. The monoisotopic (exact) mass is 388 g/mol. The standard InChI is InChI=1S/C16H21ClN2O5S/c1-23-15-5-4-12(11-13(15)17)25(21,22)19-6-2-3-14(19)16(20)18-7-9-24-10-8-18/h4-5,11,14H,2-3,6-10H2,1H3/t14-/m1/s1. The number of sulfonamides is 1. The Morgan fingerprint density at radius 1 is 1.28 bits per heavy atom. The molecule has 2 aliphatic heterocycles. The molecule has 3 rings (SSSR count). The third-order valence-corrected chi connectivity index (χ3v) is 6.74. The van der Waals surface area contributed by atoms with Crippen molar-refractivity contribution < 1.29 is 22.7 Å². The van der Waals surface area contributed by atoms with Crippen molar-refractivity contribution in [2.75, 3.05) is 40.0 Å². The Morgan fingerprint density at radius 2 is 2.00 bits per heavy atom. The third-order valence-electron chi connectivity index (χ3n) is 4.54. The molecule has 1 atom stereocenters. The van der Waals surface area contributed by atoms with Crippen molar-refractivity contribution in [3.63, 3.8) is 0 Å². The van der Waals surface area contributed by atoms with E-state index in [9.17, 15) is 13.2 Å². The molecule has 1 aromatic carbocycles. The minimum absolute atomic E-state index is 0.0694. The number of ether oxygens (including phenoxy) is 2. The van der Waals surface area contributed by atoms with Crippen molar-refractivity contribution in [1.29, 1.82) is 0 Å². The first kappa shape index (κ1) is 18.4. The van der Waals surface area contributed by atoms with Crippen LogP contribution in [-0.2, 0) is 19.6 Å². The summed E-state index contributed by atoms with van der Waals surface area (Å²) in [6, 6.07) is 3.67. The number of rotatable bonds is 4. The Balaban J connectivity index is 1.85. The molecular formula is C16H21ClN2O5S. The number of hydrogen-bond donors (Lipinski definition) is 0. The molecule has 1 amide bonds. The average Bonchev–Trinajstić information content (AvgIpc) is 3.12. The lowest BCUT2D eigenvalue weighted by Gasteiger charge is -2.32. The third kappa shape index (κ3) is 3.62. The number of carbonyl (C=O) groups is 1. The van der Waals surface area contributed by atoms with Gasteiger partial charge in [-0.3, -0.25) is 4.79 Å². The minimum Gasteiger partial charge on any atom is -0.495 e. The van der Waals surface area contributed by atoms with Gasteiger partial charge in [0.25, 0.3) is 0 Å². The maximum absolute atomic E-state index is 13.0. The number of carbonyl (C=O) groups excluding carboxylic acids is 1. The van der Waals surface area contributed by atoms with E-state index in [1.165, 1.54) is 29.6 Å². The molecule has 0 radical (unpaired) electrons. The Labute approximate surface area is 152 Å². The number of amides is 1. The highest BCUT2D eigenvalue weighted by atomic mass is 35.5. The molecule has 0 aromatic heterocycles. The van der Waals surface area contributed by atoms with Crippen LogP contribution in [0.25, 0.3) is 0 Å². The van der Waals surface area contributed by atoms with E-state index in [2.05, 4.69) is 0 Å². The van der Waals surface area contributed by atoms with Crippen molar-refractivity contribution in [3.8, 4) is 5.75 Å². The highest BCUT2D eigenvalue weighted by Crippen LogP contribution is 2.32. The van der Waals surface area contributed by atoms with Gasteiger partial charge in [0, 0.05) is 19.6 Å². The summed E-state index contributed by atoms with van der Waals surface area (Å²) in [5.74, 6) is 0.256. The first-order valence-electron chi connectivity index (χ1n) is 8.17. The summed E-state index contributed by atoms with van der Waals surface area (Å²) in [6.07, 6.45) is 1.18. The molecule has 0 bridgehead atoms. The van der Waals surface area contributed by atoms with Gasteiger partial charge in [0.2, 0.25) is 15.9 Å². The van der Waals surface area contributed by atoms with Gasteiger partial charge in [-0.05, 0) is 31.0 Å². The number of benzene rings is 1. The number of halogens is 1. The van der Waals surface area contributed by atoms with Crippen LogP contribution in [0.4, 0.5) is 0 Å². The molecule has 1 aromatic rings. The van der Waals surface area contributed by atoms with E-state index in [1.807, 2.05) is 0 Å². The van der Waals surface area contributed by atoms with Crippen LogP contribution >= 0.6 is 11.6 Å². The van der Waals surface area contributed by atoms with E-state index >= 15 is 0 Å². The lowest BCUT2D eigenvalue weighted by Crippen LogP contribution is -2.50. The predicted octanol–water partition coefficient (Wildman–Crippen LogP) is 1.36. The number of morpholine rings is 1. The van der Waals surface area contributed by atoms with Gasteiger partial charge in [-0.15, -0.1) is 0 Å². The highest BCUT2D eigenvalue weighted by molar-refractivity contribution is 7.89. The van der Waals surface area contributed by atoms with E-state index in [0.29, 0.717) is 51.4 Å². The van der Waals surface area contributed by atoms with Gasteiger partial charge in [0.05, 0.1) is 30.2 Å². The van der Waals surface area contributed by atoms with E-state index in [0.717, 1.165) is 0 Å². The molecule has 0 N–H and O–H groups in total. The lowest BCUT2D eigenvalue weighted by molar-refractivity contribution is -0.138. The van der Waals surface area contributed by atoms with Crippen LogP contribution in [0.5, 0.6) is 5.75 Å². The molecule has 2 heterocycles. The molecule has 2 fully saturated rings. The van der Waals surface area contributed by atoms with E-state index < -0.39 is 16.1 Å². The second-order valence-electron chi connectivity index (χ2n) is 6.01. The number of methoxy groups -OCH3 is 1. The SMILES string of the molecule is COc1ccc(S(=O)(=O)N2CCC[C@@H]2C(=O)N2CCOCC2)cc1Cl. The summed E-state index contributed by atoms with van der Waals surface area (Å²) in [5, 5.41) is 0.221. The van der Waals surface area contributed by atoms with Crippen molar-refractivity contribution >= 4 is 27.5 Å². The van der Waals surface area contributed by atoms with Crippen molar-refractivity contribution in [1.82, 2.24) is 9.21 Å². The zero-order valence-electron chi connectivity index (χ0n) is 14.0. The molecule has 0 spiro atoms. The Kier molecular flexibility index (Phi) is 5.52. The minimum atomic E-state index is -3.80. The summed E-state index contributed by atoms with van der Waals surface area (Å²) < 4.78 is 37.6. The van der Waals surface area contributed by atoms with Crippen LogP contribution in [-0.4, -0.2) is 69.5 Å². The van der Waals surface area contributed by atoms with Gasteiger partial charge in [-0.2, -0.15) is 4.31 Å². The molecule has 0 saturated carbocycles. The van der Waals surface area contributed by atoms with Crippen LogP contribution in [0, 0.1) is 0 Å². The molecule has 25 heavy (non-hydrogen) atoms. The summed E-state index contributed by atoms with van der Waals surface area (Å²) in [6.45, 7) is 2.29. The van der Waals surface area contributed by atoms with Crippen molar-refractivity contribution in [2.45, 2.75) is 23.8 Å². The van der Waals surface area contributed by atoms with Gasteiger partial charge in [-0.1, -0.05) is 11.6 Å². The van der Waals surface area contributed by atoms with Crippen molar-refractivity contribution in [2.24, 2.45) is 0 Å². The van der Waals surface area contributed by atoms with E-state index in [4.69, 9.17) is 21.1 Å². The van der Waals surface area contributed by atoms with Crippen LogP contribution in [0.2, 0.25) is 5.02 Å². The molecule has 0 aliphatic carbocycles. The summed E-state index contributed by atoms with van der Waals surface area (Å²) in [7, 11) is -2.34. The van der Waals surface area contributed by atoms with Crippen molar-refractivity contribution in [3.05, 3.63) is 23.2 Å². The Hall–Kier alpha value is -1.35. The smallest absolute Gasteiger partial charge is 0.243 e. The largest absolute Gasteiger partial charge is 0.495 e. The molecule has 7 nitrogen and oxygen atoms in total. The van der Waals surface area contributed by atoms with E-state index in [1.54, 1.807) is 4.90 Å². The molecule has 9 heteroatoms. The fraction of sp³-hybridized carbons (Fsp3) is 0.562. The summed E-state index contributed by atoms with van der Waals surface area (Å²) >= 11 is 6.07. The van der Waals surface area contributed by atoms with Gasteiger partial charge in [0.1, 0.15) is 11.8 Å². The first-order chi connectivity index (χ1) is 11.9. The molecule has 138 valence electrons. The van der Waals surface area contributed by atoms with E-state index in [-0.39, 0.29) is 15.8 Å². The number of nitrogens with zero attached hydrogens (tertiary/aromatic N) is 2. The Morgan fingerprint density at radius 3 is 2.64 bits per heavy atom. The maximum Gasteiger partial charge on any atom is 0.243 e. The first-order valence-corrected chi connectivity index (χ1v) is 9.99. The van der Waals surface area contributed by atoms with Crippen LogP contribution < -0.4 is 4.74 Å². The summed E-state index contributed by atoms with van der Waals surface area (Å²) in [5.41, 5.74) is 0. The predicted molar refractivity (Wildman–Crippen MR) is 92.3 cm³/mol. The molecule has 2 saturated heterocycles.